The highest BCUT2D eigenvalue weighted by Gasteiger charge is 2.31. The number of hydrogen-bond acceptors (Lipinski definition) is 3. The number of benzene rings is 2. The quantitative estimate of drug-likeness (QED) is 0.788. The normalized spacial score (nSPS) is 16.6. The molecule has 26 heavy (non-hydrogen) atoms. The van der Waals surface area contributed by atoms with Crippen LogP contribution in [0.3, 0.4) is 0 Å². The molecular formula is C19H18FN3O3. The van der Waals surface area contributed by atoms with Crippen LogP contribution in [0.25, 0.3) is 0 Å². The Morgan fingerprint density at radius 2 is 1.77 bits per heavy atom. The van der Waals surface area contributed by atoms with Gasteiger partial charge < -0.3 is 20.7 Å². The smallest absolute Gasteiger partial charge is 0.319 e. The van der Waals surface area contributed by atoms with Crippen LogP contribution in [-0.2, 0) is 4.79 Å². The van der Waals surface area contributed by atoms with Crippen LogP contribution in [0.15, 0.2) is 59.8 Å². The summed E-state index contributed by atoms with van der Waals surface area (Å²) in [5.41, 5.74) is 2.03. The van der Waals surface area contributed by atoms with Crippen LogP contribution in [0, 0.1) is 5.82 Å². The molecule has 0 unspecified atom stereocenters. The second kappa shape index (κ2) is 7.26. The molecule has 6 nitrogen and oxygen atoms in total. The second-order valence-corrected chi connectivity index (χ2v) is 5.80. The fraction of sp³-hybridized carbons (Fsp3) is 0.158. The van der Waals surface area contributed by atoms with E-state index >= 15 is 0 Å². The molecule has 0 spiro atoms. The number of anilines is 1. The molecule has 1 aliphatic heterocycles. The molecule has 0 aliphatic carbocycles. The number of rotatable bonds is 4. The van der Waals surface area contributed by atoms with Crippen molar-refractivity contribution in [3.63, 3.8) is 0 Å². The van der Waals surface area contributed by atoms with E-state index in [4.69, 9.17) is 4.74 Å². The summed E-state index contributed by atoms with van der Waals surface area (Å²) in [6.07, 6.45) is 0. The van der Waals surface area contributed by atoms with Crippen molar-refractivity contribution in [3.05, 3.63) is 71.2 Å². The van der Waals surface area contributed by atoms with E-state index in [-0.39, 0.29) is 17.8 Å². The van der Waals surface area contributed by atoms with Crippen molar-refractivity contribution in [1.82, 2.24) is 10.6 Å². The summed E-state index contributed by atoms with van der Waals surface area (Å²) in [6, 6.07) is 11.6. The monoisotopic (exact) mass is 355 g/mol. The Morgan fingerprint density at radius 3 is 2.38 bits per heavy atom. The zero-order chi connectivity index (χ0) is 18.7. The summed E-state index contributed by atoms with van der Waals surface area (Å²) in [6.45, 7) is 1.66. The fourth-order valence-electron chi connectivity index (χ4n) is 2.77. The Kier molecular flexibility index (Phi) is 4.88. The van der Waals surface area contributed by atoms with Gasteiger partial charge in [0.15, 0.2) is 0 Å². The van der Waals surface area contributed by atoms with Crippen molar-refractivity contribution < 1.29 is 18.7 Å². The average Bonchev–Trinajstić information content (AvgIpc) is 2.63. The molecule has 134 valence electrons. The van der Waals surface area contributed by atoms with E-state index in [1.165, 1.54) is 24.3 Å². The Labute approximate surface area is 150 Å². The molecule has 2 aromatic carbocycles. The van der Waals surface area contributed by atoms with Gasteiger partial charge in [-0.3, -0.25) is 4.79 Å². The summed E-state index contributed by atoms with van der Waals surface area (Å²) in [7, 11) is 1.56. The molecule has 0 saturated heterocycles. The summed E-state index contributed by atoms with van der Waals surface area (Å²) < 4.78 is 18.2. The lowest BCUT2D eigenvalue weighted by atomic mass is 9.94. The Balaban J connectivity index is 1.91. The van der Waals surface area contributed by atoms with Gasteiger partial charge in [-0.1, -0.05) is 12.1 Å². The first-order valence-corrected chi connectivity index (χ1v) is 7.97. The third-order valence-electron chi connectivity index (χ3n) is 4.06. The van der Waals surface area contributed by atoms with E-state index in [1.54, 1.807) is 38.3 Å². The third kappa shape index (κ3) is 3.66. The van der Waals surface area contributed by atoms with Crippen LogP contribution in [0.5, 0.6) is 5.75 Å². The predicted molar refractivity (Wildman–Crippen MR) is 95.1 cm³/mol. The number of hydrogen-bond donors (Lipinski definition) is 3. The number of halogens is 1. The van der Waals surface area contributed by atoms with E-state index < -0.39 is 6.04 Å². The summed E-state index contributed by atoms with van der Waals surface area (Å²) in [4.78, 5) is 24.7. The maximum absolute atomic E-state index is 13.0. The topological polar surface area (TPSA) is 79.5 Å². The Morgan fingerprint density at radius 1 is 1.12 bits per heavy atom. The standard InChI is InChI=1S/C19H18FN3O3/c1-11-16(18(24)22-14-7-5-13(20)6-8-14)17(23-19(25)21-11)12-3-9-15(26-2)10-4-12/h3-10,17H,1-2H3,(H,22,24)(H2,21,23,25)/t17-/m0/s1. The molecule has 3 N–H and O–H groups in total. The van der Waals surface area contributed by atoms with Gasteiger partial charge in [-0.25, -0.2) is 9.18 Å². The van der Waals surface area contributed by atoms with Crippen LogP contribution >= 0.6 is 0 Å². The van der Waals surface area contributed by atoms with Gasteiger partial charge in [-0.05, 0) is 48.9 Å². The summed E-state index contributed by atoms with van der Waals surface area (Å²) >= 11 is 0. The van der Waals surface area contributed by atoms with Crippen molar-refractivity contribution >= 4 is 17.6 Å². The van der Waals surface area contributed by atoms with Crippen molar-refractivity contribution in [2.24, 2.45) is 0 Å². The van der Waals surface area contributed by atoms with Crippen LogP contribution in [0.4, 0.5) is 14.9 Å². The highest BCUT2D eigenvalue weighted by Crippen LogP contribution is 2.29. The molecule has 1 heterocycles. The van der Waals surface area contributed by atoms with E-state index in [0.717, 1.165) is 5.56 Å². The highest BCUT2D eigenvalue weighted by atomic mass is 19.1. The fourth-order valence-corrected chi connectivity index (χ4v) is 2.77. The van der Waals surface area contributed by atoms with Gasteiger partial charge in [0.05, 0.1) is 18.7 Å². The van der Waals surface area contributed by atoms with Crippen LogP contribution in [0.2, 0.25) is 0 Å². The molecule has 3 rings (SSSR count). The molecule has 0 radical (unpaired) electrons. The maximum atomic E-state index is 13.0. The molecule has 0 aromatic heterocycles. The van der Waals surface area contributed by atoms with Gasteiger partial charge in [0.1, 0.15) is 11.6 Å². The molecule has 7 heteroatoms. The average molecular weight is 355 g/mol. The van der Waals surface area contributed by atoms with E-state index in [2.05, 4.69) is 16.0 Å². The summed E-state index contributed by atoms with van der Waals surface area (Å²) in [5.74, 6) is -0.101. The lowest BCUT2D eigenvalue weighted by molar-refractivity contribution is -0.113. The number of carbonyl (C=O) groups is 2. The first-order chi connectivity index (χ1) is 12.5. The summed E-state index contributed by atoms with van der Waals surface area (Å²) in [5, 5.41) is 8.10. The number of urea groups is 1. The van der Waals surface area contributed by atoms with Crippen LogP contribution in [-0.4, -0.2) is 19.0 Å². The van der Waals surface area contributed by atoms with E-state index in [1.807, 2.05) is 0 Å². The molecule has 3 amide bonds. The Bertz CT molecular complexity index is 861. The number of carbonyl (C=O) groups excluding carboxylic acids is 2. The maximum Gasteiger partial charge on any atom is 0.319 e. The molecule has 1 atom stereocenters. The second-order valence-electron chi connectivity index (χ2n) is 5.80. The number of amides is 3. The molecule has 0 fully saturated rings. The number of nitrogens with one attached hydrogen (secondary N) is 3. The van der Waals surface area contributed by atoms with Crippen LogP contribution < -0.4 is 20.7 Å². The van der Waals surface area contributed by atoms with Crippen molar-refractivity contribution in [3.8, 4) is 5.75 Å². The lowest BCUT2D eigenvalue weighted by Crippen LogP contribution is -2.45. The largest absolute Gasteiger partial charge is 0.497 e. The van der Waals surface area contributed by atoms with Gasteiger partial charge in [-0.2, -0.15) is 0 Å². The molecule has 1 aliphatic rings. The molecular weight excluding hydrogens is 337 g/mol. The zero-order valence-corrected chi connectivity index (χ0v) is 14.3. The molecule has 2 aromatic rings. The molecule has 0 bridgehead atoms. The van der Waals surface area contributed by atoms with E-state index in [9.17, 15) is 14.0 Å². The number of allylic oxidation sites excluding steroid dienone is 1. The minimum atomic E-state index is -0.616. The predicted octanol–water partition coefficient (Wildman–Crippen LogP) is 3.10. The Hall–Kier alpha value is -3.35. The van der Waals surface area contributed by atoms with Gasteiger partial charge in [0.25, 0.3) is 5.91 Å². The van der Waals surface area contributed by atoms with Gasteiger partial charge in [0, 0.05) is 11.4 Å². The highest BCUT2D eigenvalue weighted by molar-refractivity contribution is 6.06. The number of ether oxygens (including phenoxy) is 1. The first-order valence-electron chi connectivity index (χ1n) is 7.97. The van der Waals surface area contributed by atoms with Gasteiger partial charge in [-0.15, -0.1) is 0 Å². The number of methoxy groups -OCH3 is 1. The lowest BCUT2D eigenvalue weighted by Gasteiger charge is -2.28. The first kappa shape index (κ1) is 17.5. The third-order valence-corrected chi connectivity index (χ3v) is 4.06. The van der Waals surface area contributed by atoms with Crippen molar-refractivity contribution in [2.75, 3.05) is 12.4 Å². The van der Waals surface area contributed by atoms with Crippen molar-refractivity contribution in [1.29, 1.82) is 0 Å². The SMILES string of the molecule is COc1ccc([C@@H]2NC(=O)NC(C)=C2C(=O)Nc2ccc(F)cc2)cc1. The molecule has 0 saturated carbocycles. The zero-order valence-electron chi connectivity index (χ0n) is 14.3. The van der Waals surface area contributed by atoms with E-state index in [0.29, 0.717) is 22.7 Å². The minimum Gasteiger partial charge on any atom is -0.497 e. The van der Waals surface area contributed by atoms with Gasteiger partial charge in [0.2, 0.25) is 0 Å². The van der Waals surface area contributed by atoms with Crippen molar-refractivity contribution in [2.45, 2.75) is 13.0 Å². The van der Waals surface area contributed by atoms with Gasteiger partial charge >= 0.3 is 6.03 Å². The minimum absolute atomic E-state index is 0.374. The van der Waals surface area contributed by atoms with Crippen LogP contribution in [0.1, 0.15) is 18.5 Å².